The van der Waals surface area contributed by atoms with Crippen LogP contribution in [0, 0.1) is 0 Å². The van der Waals surface area contributed by atoms with Crippen LogP contribution >= 0.6 is 23.2 Å². The quantitative estimate of drug-likeness (QED) is 0.181. The van der Waals surface area contributed by atoms with Crippen LogP contribution in [-0.4, -0.2) is 92.3 Å². The van der Waals surface area contributed by atoms with Crippen LogP contribution in [0.3, 0.4) is 0 Å². The second-order valence-electron chi connectivity index (χ2n) is 13.0. The number of piperidine rings is 2. The second kappa shape index (κ2) is 13.1. The average Bonchev–Trinajstić information content (AvgIpc) is 3.11. The summed E-state index contributed by atoms with van der Waals surface area (Å²) >= 11 is 13.1. The number of nitrogens with zero attached hydrogens (tertiary/aromatic N) is 3. The van der Waals surface area contributed by atoms with E-state index in [1.54, 1.807) is 18.2 Å². The number of halogens is 2. The molecule has 0 N–H and O–H groups in total. The molecule has 0 saturated carbocycles. The molecule has 3 aliphatic heterocycles. The van der Waals surface area contributed by atoms with E-state index in [0.717, 1.165) is 5.70 Å². The fourth-order valence-electron chi connectivity index (χ4n) is 7.84. The molecule has 0 radical (unpaired) electrons. The molecule has 4 aliphatic rings. The predicted molar refractivity (Wildman–Crippen MR) is 186 cm³/mol. The number of hydrogen-bond donors (Lipinski definition) is 0. The maximum Gasteiger partial charge on any atom is 0.522 e. The van der Waals surface area contributed by atoms with Gasteiger partial charge in [0, 0.05) is 81.4 Å². The molecule has 12 nitrogen and oxygen atoms in total. The smallest absolute Gasteiger partial charge is 0.497 e. The van der Waals surface area contributed by atoms with Crippen LogP contribution in [-0.2, 0) is 24.8 Å². The molecule has 50 heavy (non-hydrogen) atoms. The summed E-state index contributed by atoms with van der Waals surface area (Å²) in [6, 6.07) is 12.8. The Kier molecular flexibility index (Phi) is 9.19. The highest BCUT2D eigenvalue weighted by atomic mass is 35.5. The summed E-state index contributed by atoms with van der Waals surface area (Å²) in [6.45, 7) is 0.644. The van der Waals surface area contributed by atoms with Crippen molar-refractivity contribution in [3.05, 3.63) is 88.4 Å². The lowest BCUT2D eigenvalue weighted by Gasteiger charge is -2.53. The molecule has 266 valence electrons. The summed E-state index contributed by atoms with van der Waals surface area (Å²) < 4.78 is 72.8. The molecule has 2 aromatic carbocycles. The van der Waals surface area contributed by atoms with Gasteiger partial charge in [-0.2, -0.15) is 17.9 Å². The van der Waals surface area contributed by atoms with Crippen molar-refractivity contribution >= 4 is 60.3 Å². The summed E-state index contributed by atoms with van der Waals surface area (Å²) in [5.74, 6) is 0.432. The van der Waals surface area contributed by atoms with Gasteiger partial charge in [0.2, 0.25) is 20.0 Å². The van der Waals surface area contributed by atoms with Gasteiger partial charge in [0.15, 0.2) is 0 Å². The third-order valence-corrected chi connectivity index (χ3v) is 14.6. The first-order valence-corrected chi connectivity index (χ1v) is 19.9. The van der Waals surface area contributed by atoms with Gasteiger partial charge in [-0.3, -0.25) is 0 Å². The number of sulfonamides is 2. The molecule has 1 aromatic heterocycles. The Bertz CT molecular complexity index is 2190. The number of rotatable bonds is 7. The first kappa shape index (κ1) is 35.2. The van der Waals surface area contributed by atoms with E-state index >= 15 is 0 Å². The minimum absolute atomic E-state index is 0.00420. The van der Waals surface area contributed by atoms with Crippen molar-refractivity contribution in [2.75, 3.05) is 39.9 Å². The SMILES string of the molecule is COc1cccc(S(=O)(=O)N2CCC([N+]3(C4CCN(S(=O)(=O)c5ccc6oc(=O)ccc6c5)CC4)C(=O)OCC4=CC(Cl)(Cl)CC=C43)CC2)c1. The van der Waals surface area contributed by atoms with Crippen molar-refractivity contribution in [2.24, 2.45) is 0 Å². The lowest BCUT2D eigenvalue weighted by atomic mass is 9.88. The molecule has 3 aromatic rings. The van der Waals surface area contributed by atoms with Crippen LogP contribution < -0.4 is 10.4 Å². The van der Waals surface area contributed by atoms with Crippen molar-refractivity contribution in [2.45, 2.75) is 58.3 Å². The van der Waals surface area contributed by atoms with Crippen molar-refractivity contribution in [1.29, 1.82) is 0 Å². The van der Waals surface area contributed by atoms with Crippen LogP contribution in [0.4, 0.5) is 4.79 Å². The number of allylic oxidation sites excluding steroid dienone is 2. The van der Waals surface area contributed by atoms with Crippen molar-refractivity contribution in [1.82, 2.24) is 8.61 Å². The molecular weight excluding hydrogens is 729 g/mol. The molecule has 1 aliphatic carbocycles. The zero-order chi connectivity index (χ0) is 35.5. The van der Waals surface area contributed by atoms with Gasteiger partial charge < -0.3 is 13.9 Å². The number of cyclic esters (lactones) is 1. The summed E-state index contributed by atoms with van der Waals surface area (Å²) in [5.41, 5.74) is 1.20. The van der Waals surface area contributed by atoms with E-state index < -0.39 is 36.1 Å². The number of carbonyl (C=O) groups excluding carboxylic acids is 1. The number of quaternary nitrogens is 1. The van der Waals surface area contributed by atoms with E-state index in [4.69, 9.17) is 37.1 Å². The van der Waals surface area contributed by atoms with E-state index in [1.807, 2.05) is 6.08 Å². The molecule has 1 atom stereocenters. The number of ether oxygens (including phenoxy) is 2. The molecule has 3 saturated heterocycles. The van der Waals surface area contributed by atoms with E-state index in [0.29, 0.717) is 42.4 Å². The van der Waals surface area contributed by atoms with E-state index in [-0.39, 0.29) is 71.1 Å². The van der Waals surface area contributed by atoms with Gasteiger partial charge in [-0.1, -0.05) is 29.3 Å². The number of methoxy groups -OCH3 is 1. The minimum atomic E-state index is -3.92. The van der Waals surface area contributed by atoms with E-state index in [9.17, 15) is 26.4 Å². The van der Waals surface area contributed by atoms with Gasteiger partial charge in [-0.05, 0) is 48.6 Å². The summed E-state index contributed by atoms with van der Waals surface area (Å²) in [5, 5.41) is 0.485. The monoisotopic (exact) mass is 764 g/mol. The normalized spacial score (nSPS) is 24.3. The standard InChI is InChI=1S/C34H36Cl2N3O9S2/c1-46-27-3-2-4-28(20-27)49(42,43)37-15-10-25(11-16-37)39(30-9-14-34(35,36)21-24(30)22-47-33(39)41)26-12-17-38(18-13-26)50(44,45)29-6-7-31-23(19-29)5-8-32(40)48-31/h2-9,19-21,25-26H,10-18,22H2,1H3/q+1. The fourth-order valence-corrected chi connectivity index (χ4v) is 11.3. The topological polar surface area (TPSA) is 140 Å². The zero-order valence-electron chi connectivity index (χ0n) is 27.2. The highest BCUT2D eigenvalue weighted by Gasteiger charge is 2.60. The molecule has 1 unspecified atom stereocenters. The number of alkyl halides is 2. The summed E-state index contributed by atoms with van der Waals surface area (Å²) in [6.07, 6.45) is 4.84. The average molecular weight is 766 g/mol. The second-order valence-corrected chi connectivity index (χ2v) is 18.4. The number of amides is 1. The highest BCUT2D eigenvalue weighted by molar-refractivity contribution is 7.89. The van der Waals surface area contributed by atoms with Crippen LogP contribution in [0.25, 0.3) is 11.0 Å². The number of benzene rings is 2. The minimum Gasteiger partial charge on any atom is -0.497 e. The Morgan fingerprint density at radius 3 is 2.08 bits per heavy atom. The fraction of sp³-hybridized carbons (Fsp3) is 0.412. The first-order valence-electron chi connectivity index (χ1n) is 16.3. The zero-order valence-corrected chi connectivity index (χ0v) is 30.3. The van der Waals surface area contributed by atoms with Crippen LogP contribution in [0.5, 0.6) is 5.75 Å². The van der Waals surface area contributed by atoms with Crippen molar-refractivity contribution in [3.63, 3.8) is 0 Å². The number of carbonyl (C=O) groups is 1. The van der Waals surface area contributed by atoms with E-state index in [2.05, 4.69) is 0 Å². The largest absolute Gasteiger partial charge is 0.522 e. The molecule has 3 fully saturated rings. The van der Waals surface area contributed by atoms with Gasteiger partial charge in [0.1, 0.15) is 40.1 Å². The Labute approximate surface area is 300 Å². The molecule has 0 bridgehead atoms. The lowest BCUT2D eigenvalue weighted by Crippen LogP contribution is -2.69. The van der Waals surface area contributed by atoms with Gasteiger partial charge in [-0.25, -0.2) is 21.6 Å². The van der Waals surface area contributed by atoms with Crippen LogP contribution in [0.1, 0.15) is 32.1 Å². The third kappa shape index (κ3) is 6.08. The van der Waals surface area contributed by atoms with E-state index in [1.165, 1.54) is 58.2 Å². The Morgan fingerprint density at radius 1 is 0.840 bits per heavy atom. The Balaban J connectivity index is 1.17. The number of hydrogen-bond acceptors (Lipinski definition) is 9. The first-order chi connectivity index (χ1) is 23.8. The third-order valence-electron chi connectivity index (χ3n) is 10.2. The van der Waals surface area contributed by atoms with Gasteiger partial charge in [0.25, 0.3) is 0 Å². The molecule has 0 spiro atoms. The van der Waals surface area contributed by atoms with Gasteiger partial charge in [-0.15, -0.1) is 0 Å². The summed E-state index contributed by atoms with van der Waals surface area (Å²) in [7, 11) is -6.28. The Hall–Kier alpha value is -3.24. The maximum atomic E-state index is 14.3. The van der Waals surface area contributed by atoms with Gasteiger partial charge in [0.05, 0.1) is 16.9 Å². The van der Waals surface area contributed by atoms with Crippen molar-refractivity contribution in [3.8, 4) is 5.75 Å². The molecular formula is C34H36Cl2N3O9S2+. The maximum absolute atomic E-state index is 14.3. The van der Waals surface area contributed by atoms with Crippen LogP contribution in [0.2, 0.25) is 0 Å². The number of fused-ring (bicyclic) bond motifs is 2. The lowest BCUT2D eigenvalue weighted by molar-refractivity contribution is -0.875. The van der Waals surface area contributed by atoms with Crippen LogP contribution in [0.15, 0.2) is 97.0 Å². The Morgan fingerprint density at radius 2 is 1.46 bits per heavy atom. The molecule has 16 heteroatoms. The molecule has 7 rings (SSSR count). The predicted octanol–water partition coefficient (Wildman–Crippen LogP) is 5.16. The molecule has 4 heterocycles. The molecule has 1 amide bonds. The highest BCUT2D eigenvalue weighted by Crippen LogP contribution is 2.48. The summed E-state index contributed by atoms with van der Waals surface area (Å²) in [4.78, 5) is 26.1. The van der Waals surface area contributed by atoms with Gasteiger partial charge >= 0.3 is 11.7 Å². The van der Waals surface area contributed by atoms with Crippen molar-refractivity contribution < 1.29 is 40.0 Å².